The summed E-state index contributed by atoms with van der Waals surface area (Å²) in [6, 6.07) is 16.0. The van der Waals surface area contributed by atoms with Crippen LogP contribution < -0.4 is 15.4 Å². The Balaban J connectivity index is 1.39. The molecule has 9 nitrogen and oxygen atoms in total. The van der Waals surface area contributed by atoms with Crippen LogP contribution in [0.15, 0.2) is 73.2 Å². The van der Waals surface area contributed by atoms with Crippen molar-refractivity contribution in [2.24, 2.45) is 0 Å². The van der Waals surface area contributed by atoms with Gasteiger partial charge in [0.05, 0.1) is 13.2 Å². The summed E-state index contributed by atoms with van der Waals surface area (Å²) in [5.41, 5.74) is 5.17. The van der Waals surface area contributed by atoms with Gasteiger partial charge in [0.15, 0.2) is 0 Å². The number of amides is 4. The van der Waals surface area contributed by atoms with E-state index in [4.69, 9.17) is 4.74 Å². The van der Waals surface area contributed by atoms with Crippen LogP contribution in [0.5, 0.6) is 5.75 Å². The van der Waals surface area contributed by atoms with E-state index >= 15 is 0 Å². The van der Waals surface area contributed by atoms with E-state index in [1.165, 1.54) is 0 Å². The Bertz CT molecular complexity index is 1410. The first-order valence-corrected chi connectivity index (χ1v) is 11.1. The van der Waals surface area contributed by atoms with Gasteiger partial charge in [0.25, 0.3) is 5.91 Å². The van der Waals surface area contributed by atoms with Gasteiger partial charge >= 0.3 is 6.03 Å². The standard InChI is InChI=1S/C26H23N5O4/c1-35-21-8-6-20-14-31(25(33)22(20)12-21)15-23(29-26(34)28-16-32)18-4-2-17(3-5-18)19-7-9-24-27-10-11-30(24)13-19/h2-13,16,23H,14-15H2,1H3,(H2,28,29,32,34)/t23-/m0/s1. The van der Waals surface area contributed by atoms with Gasteiger partial charge in [0.2, 0.25) is 6.41 Å². The highest BCUT2D eigenvalue weighted by Gasteiger charge is 2.30. The van der Waals surface area contributed by atoms with E-state index in [1.54, 1.807) is 24.3 Å². The number of imide groups is 1. The molecule has 5 rings (SSSR count). The first-order valence-electron chi connectivity index (χ1n) is 11.1. The SMILES string of the molecule is COc1ccc2c(c1)C(=O)N(C[C@H](NC(=O)NC=O)c1ccc(-c3ccc4nccn4c3)cc1)C2. The van der Waals surface area contributed by atoms with Crippen molar-refractivity contribution in [3.05, 3.63) is 89.9 Å². The lowest BCUT2D eigenvalue weighted by Crippen LogP contribution is -2.42. The Hall–Kier alpha value is -4.66. The molecule has 9 heteroatoms. The fourth-order valence-corrected chi connectivity index (χ4v) is 4.32. The number of imidazole rings is 1. The molecule has 4 aromatic rings. The zero-order valence-corrected chi connectivity index (χ0v) is 19.0. The van der Waals surface area contributed by atoms with Crippen molar-refractivity contribution in [2.75, 3.05) is 13.7 Å². The molecule has 2 aromatic heterocycles. The molecule has 0 spiro atoms. The third kappa shape index (κ3) is 4.43. The number of urea groups is 1. The van der Waals surface area contributed by atoms with Gasteiger partial charge in [0.1, 0.15) is 11.4 Å². The van der Waals surface area contributed by atoms with Gasteiger partial charge in [-0.05, 0) is 46.5 Å². The Kier molecular flexibility index (Phi) is 5.88. The van der Waals surface area contributed by atoms with Crippen LogP contribution in [0.3, 0.4) is 0 Å². The highest BCUT2D eigenvalue weighted by atomic mass is 16.5. The minimum atomic E-state index is -0.634. The molecular weight excluding hydrogens is 446 g/mol. The van der Waals surface area contributed by atoms with Gasteiger partial charge in [-0.15, -0.1) is 0 Å². The molecule has 0 fully saturated rings. The van der Waals surface area contributed by atoms with Crippen LogP contribution in [-0.2, 0) is 11.3 Å². The predicted octanol–water partition coefficient (Wildman–Crippen LogP) is 3.16. The number of carbonyl (C=O) groups excluding carboxylic acids is 3. The molecule has 1 aliphatic rings. The second kappa shape index (κ2) is 9.30. The fraction of sp³-hybridized carbons (Fsp3) is 0.154. The van der Waals surface area contributed by atoms with Gasteiger partial charge in [-0.2, -0.15) is 0 Å². The van der Waals surface area contributed by atoms with E-state index in [9.17, 15) is 14.4 Å². The number of methoxy groups -OCH3 is 1. The second-order valence-electron chi connectivity index (χ2n) is 8.23. The summed E-state index contributed by atoms with van der Waals surface area (Å²) < 4.78 is 7.19. The van der Waals surface area contributed by atoms with Crippen molar-refractivity contribution in [2.45, 2.75) is 12.6 Å². The summed E-state index contributed by atoms with van der Waals surface area (Å²) in [4.78, 5) is 41.9. The number of hydrogen-bond donors (Lipinski definition) is 2. The average Bonchev–Trinajstić information content (AvgIpc) is 3.47. The summed E-state index contributed by atoms with van der Waals surface area (Å²) >= 11 is 0. The predicted molar refractivity (Wildman–Crippen MR) is 129 cm³/mol. The van der Waals surface area contributed by atoms with Crippen LogP contribution in [0.2, 0.25) is 0 Å². The minimum Gasteiger partial charge on any atom is -0.497 e. The van der Waals surface area contributed by atoms with Crippen LogP contribution in [0.25, 0.3) is 16.8 Å². The molecule has 0 bridgehead atoms. The van der Waals surface area contributed by atoms with Crippen molar-refractivity contribution in [1.29, 1.82) is 0 Å². The normalized spacial score (nSPS) is 13.4. The topological polar surface area (TPSA) is 105 Å². The number of aromatic nitrogens is 2. The van der Waals surface area contributed by atoms with E-state index in [0.717, 1.165) is 27.9 Å². The van der Waals surface area contributed by atoms with Crippen molar-refractivity contribution >= 4 is 24.0 Å². The molecule has 3 heterocycles. The quantitative estimate of drug-likeness (QED) is 0.405. The van der Waals surface area contributed by atoms with E-state index < -0.39 is 12.1 Å². The summed E-state index contributed by atoms with van der Waals surface area (Å²) in [5.74, 6) is 0.482. The first-order chi connectivity index (χ1) is 17.1. The smallest absolute Gasteiger partial charge is 0.321 e. The number of fused-ring (bicyclic) bond motifs is 2. The summed E-state index contributed by atoms with van der Waals surface area (Å²) in [6.45, 7) is 0.664. The van der Waals surface area contributed by atoms with Crippen LogP contribution in [-0.4, -0.2) is 46.3 Å². The lowest BCUT2D eigenvalue weighted by Gasteiger charge is -2.25. The maximum absolute atomic E-state index is 13.0. The Labute approximate surface area is 201 Å². The number of pyridine rings is 1. The third-order valence-electron chi connectivity index (χ3n) is 6.13. The molecule has 4 amide bonds. The van der Waals surface area contributed by atoms with Gasteiger partial charge < -0.3 is 19.4 Å². The lowest BCUT2D eigenvalue weighted by atomic mass is 10.0. The van der Waals surface area contributed by atoms with Crippen molar-refractivity contribution in [3.8, 4) is 16.9 Å². The molecule has 2 aromatic carbocycles. The minimum absolute atomic E-state index is 0.133. The molecule has 1 atom stereocenters. The van der Waals surface area contributed by atoms with Crippen LogP contribution in [0.1, 0.15) is 27.5 Å². The Morgan fingerprint density at radius 2 is 1.94 bits per heavy atom. The van der Waals surface area contributed by atoms with Crippen molar-refractivity contribution in [3.63, 3.8) is 0 Å². The zero-order valence-electron chi connectivity index (χ0n) is 19.0. The zero-order chi connectivity index (χ0) is 24.4. The Morgan fingerprint density at radius 1 is 1.14 bits per heavy atom. The van der Waals surface area contributed by atoms with Gasteiger partial charge in [-0.3, -0.25) is 14.9 Å². The van der Waals surface area contributed by atoms with Crippen molar-refractivity contribution in [1.82, 2.24) is 24.9 Å². The number of carbonyl (C=O) groups is 3. The number of hydrogen-bond acceptors (Lipinski definition) is 5. The molecule has 2 N–H and O–H groups in total. The van der Waals surface area contributed by atoms with Gasteiger partial charge in [-0.1, -0.05) is 30.3 Å². The Morgan fingerprint density at radius 3 is 2.71 bits per heavy atom. The van der Waals surface area contributed by atoms with Crippen LogP contribution in [0.4, 0.5) is 4.79 Å². The highest BCUT2D eigenvalue weighted by molar-refractivity contribution is 5.98. The third-order valence-corrected chi connectivity index (χ3v) is 6.13. The summed E-state index contributed by atoms with van der Waals surface area (Å²) in [6.07, 6.45) is 5.96. The number of nitrogens with zero attached hydrogens (tertiary/aromatic N) is 3. The molecule has 0 saturated carbocycles. The molecule has 0 unspecified atom stereocenters. The lowest BCUT2D eigenvalue weighted by molar-refractivity contribution is -0.108. The largest absolute Gasteiger partial charge is 0.497 e. The summed E-state index contributed by atoms with van der Waals surface area (Å²) in [7, 11) is 1.56. The maximum Gasteiger partial charge on any atom is 0.321 e. The second-order valence-corrected chi connectivity index (χ2v) is 8.23. The highest BCUT2D eigenvalue weighted by Crippen LogP contribution is 2.29. The molecular formula is C26H23N5O4. The van der Waals surface area contributed by atoms with Crippen LogP contribution >= 0.6 is 0 Å². The van der Waals surface area contributed by atoms with E-state index in [0.29, 0.717) is 24.3 Å². The molecule has 1 aliphatic heterocycles. The number of nitrogens with one attached hydrogen (secondary N) is 2. The molecule has 0 saturated heterocycles. The molecule has 176 valence electrons. The van der Waals surface area contributed by atoms with Crippen LogP contribution in [0, 0.1) is 0 Å². The van der Waals surface area contributed by atoms with E-state index in [1.807, 2.05) is 65.3 Å². The molecule has 0 aliphatic carbocycles. The van der Waals surface area contributed by atoms with Crippen molar-refractivity contribution < 1.29 is 19.1 Å². The number of rotatable bonds is 7. The molecule has 35 heavy (non-hydrogen) atoms. The maximum atomic E-state index is 13.0. The van der Waals surface area contributed by atoms with Gasteiger partial charge in [0, 0.05) is 37.2 Å². The van der Waals surface area contributed by atoms with E-state index in [2.05, 4.69) is 15.6 Å². The molecule has 0 radical (unpaired) electrons. The summed E-state index contributed by atoms with van der Waals surface area (Å²) in [5, 5.41) is 4.91. The first kappa shape index (κ1) is 22.1. The van der Waals surface area contributed by atoms with E-state index in [-0.39, 0.29) is 12.5 Å². The number of ether oxygens (including phenoxy) is 1. The fourth-order valence-electron chi connectivity index (χ4n) is 4.32. The number of benzene rings is 2. The average molecular weight is 470 g/mol. The van der Waals surface area contributed by atoms with Gasteiger partial charge in [-0.25, -0.2) is 9.78 Å². The monoisotopic (exact) mass is 469 g/mol.